The molecule has 0 saturated carbocycles. The van der Waals surface area contributed by atoms with Crippen LogP contribution >= 0.6 is 0 Å². The average Bonchev–Trinajstić information content (AvgIpc) is 2.15. The summed E-state index contributed by atoms with van der Waals surface area (Å²) in [5, 5.41) is 0. The van der Waals surface area contributed by atoms with Crippen LogP contribution in [0.3, 0.4) is 0 Å². The van der Waals surface area contributed by atoms with Gasteiger partial charge in [0.1, 0.15) is 0 Å². The summed E-state index contributed by atoms with van der Waals surface area (Å²) >= 11 is 0. The van der Waals surface area contributed by atoms with Crippen molar-refractivity contribution in [1.29, 1.82) is 0 Å². The van der Waals surface area contributed by atoms with Gasteiger partial charge in [0.25, 0.3) is 0 Å². The van der Waals surface area contributed by atoms with Crippen LogP contribution in [0.15, 0.2) is 18.2 Å². The first kappa shape index (κ1) is 15.2. The van der Waals surface area contributed by atoms with Gasteiger partial charge in [-0.1, -0.05) is 18.1 Å². The van der Waals surface area contributed by atoms with E-state index in [-0.39, 0.29) is 63.5 Å². The van der Waals surface area contributed by atoms with Crippen LogP contribution in [0.5, 0.6) is 0 Å². The van der Waals surface area contributed by atoms with Crippen LogP contribution in [0.2, 0.25) is 0 Å². The second-order valence-corrected chi connectivity index (χ2v) is 2.89. The molecular formula is C9H8BF3KN. The largest absolute Gasteiger partial charge is 1.00 e. The van der Waals surface area contributed by atoms with Crippen LogP contribution < -0.4 is 62.6 Å². The summed E-state index contributed by atoms with van der Waals surface area (Å²) in [7, 11) is 0. The Morgan fingerprint density at radius 1 is 1.27 bits per heavy atom. The van der Waals surface area contributed by atoms with Crippen molar-refractivity contribution < 1.29 is 64.3 Å². The topological polar surface area (TPSA) is 26.0 Å². The van der Waals surface area contributed by atoms with Gasteiger partial charge in [-0.15, -0.1) is 11.9 Å². The van der Waals surface area contributed by atoms with Crippen LogP contribution in [-0.2, 0) is 6.54 Å². The second kappa shape index (κ2) is 6.09. The molecule has 0 amide bonds. The Bertz CT molecular complexity index is 384. The number of terminal acetylenes is 1. The molecule has 74 valence electrons. The smallest absolute Gasteiger partial charge is 0.445 e. The van der Waals surface area contributed by atoms with Gasteiger partial charge in [-0.3, -0.25) is 0 Å². The molecule has 0 heterocycles. The number of halogens is 3. The summed E-state index contributed by atoms with van der Waals surface area (Å²) in [6.45, 7) is -4.96. The maximum atomic E-state index is 12.4. The van der Waals surface area contributed by atoms with E-state index in [1.165, 1.54) is 6.07 Å². The van der Waals surface area contributed by atoms with Crippen LogP contribution in [0.25, 0.3) is 0 Å². The Kier molecular flexibility index (Phi) is 6.18. The Hall–Kier alpha value is 0.231. The third kappa shape index (κ3) is 4.31. The van der Waals surface area contributed by atoms with Crippen molar-refractivity contribution in [3.63, 3.8) is 0 Å². The molecule has 0 fully saturated rings. The molecule has 0 aliphatic carbocycles. The molecule has 1 nitrogen and oxygen atoms in total. The van der Waals surface area contributed by atoms with E-state index in [0.29, 0.717) is 5.56 Å². The molecule has 1 aromatic rings. The van der Waals surface area contributed by atoms with E-state index in [1.54, 1.807) is 0 Å². The summed E-state index contributed by atoms with van der Waals surface area (Å²) in [4.78, 5) is 0. The summed E-state index contributed by atoms with van der Waals surface area (Å²) in [5.74, 6) is 2.17. The van der Waals surface area contributed by atoms with Crippen molar-refractivity contribution in [2.45, 2.75) is 6.54 Å². The summed E-state index contributed by atoms with van der Waals surface area (Å²) in [6.07, 6.45) is 5.03. The van der Waals surface area contributed by atoms with Crippen molar-refractivity contribution >= 4 is 12.4 Å². The van der Waals surface area contributed by atoms with E-state index in [1.807, 2.05) is 0 Å². The first-order valence-corrected chi connectivity index (χ1v) is 3.98. The molecule has 1 aromatic carbocycles. The van der Waals surface area contributed by atoms with Crippen molar-refractivity contribution in [2.75, 3.05) is 0 Å². The molecule has 0 spiro atoms. The van der Waals surface area contributed by atoms with E-state index in [9.17, 15) is 12.9 Å². The van der Waals surface area contributed by atoms with E-state index in [0.717, 1.165) is 12.1 Å². The summed E-state index contributed by atoms with van der Waals surface area (Å²) in [6, 6.07) is 3.46. The molecule has 6 heteroatoms. The predicted octanol–water partition coefficient (Wildman–Crippen LogP) is -1.81. The van der Waals surface area contributed by atoms with Crippen LogP contribution in [0.1, 0.15) is 11.1 Å². The molecule has 0 atom stereocenters. The summed E-state index contributed by atoms with van der Waals surface area (Å²) < 4.78 is 37.1. The van der Waals surface area contributed by atoms with Crippen molar-refractivity contribution in [3.8, 4) is 12.3 Å². The van der Waals surface area contributed by atoms with Gasteiger partial charge in [0.15, 0.2) is 0 Å². The molecule has 0 aliphatic rings. The SMILES string of the molecule is C#Cc1cc(CN)cc([B-](F)(F)F)c1.[K+]. The Morgan fingerprint density at radius 3 is 2.27 bits per heavy atom. The maximum Gasteiger partial charge on any atom is 1.00 e. The first-order valence-electron chi connectivity index (χ1n) is 3.98. The average molecular weight is 237 g/mol. The number of hydrogen-bond donors (Lipinski definition) is 1. The van der Waals surface area contributed by atoms with Gasteiger partial charge in [-0.05, 0) is 11.6 Å². The van der Waals surface area contributed by atoms with Gasteiger partial charge in [-0.2, -0.15) is 0 Å². The van der Waals surface area contributed by atoms with Crippen LogP contribution in [-0.4, -0.2) is 6.98 Å². The number of benzene rings is 1. The quantitative estimate of drug-likeness (QED) is 0.476. The van der Waals surface area contributed by atoms with Gasteiger partial charge in [0.05, 0.1) is 0 Å². The second-order valence-electron chi connectivity index (χ2n) is 2.89. The van der Waals surface area contributed by atoms with Gasteiger partial charge in [0, 0.05) is 12.1 Å². The Morgan fingerprint density at radius 2 is 1.87 bits per heavy atom. The fourth-order valence-corrected chi connectivity index (χ4v) is 1.11. The van der Waals surface area contributed by atoms with E-state index in [4.69, 9.17) is 12.2 Å². The van der Waals surface area contributed by atoms with E-state index < -0.39 is 12.4 Å². The fraction of sp³-hybridized carbons (Fsp3) is 0.111. The first-order chi connectivity index (χ1) is 6.47. The van der Waals surface area contributed by atoms with Crippen LogP contribution in [0.4, 0.5) is 12.9 Å². The van der Waals surface area contributed by atoms with Crippen LogP contribution in [0, 0.1) is 12.3 Å². The standard InChI is InChI=1S/C9H8BF3N.K/c1-2-7-3-8(6-14)5-9(4-7)10(11,12)13;/h1,3-5H,6,14H2;/q-1;+1. The molecule has 2 N–H and O–H groups in total. The molecule has 0 radical (unpaired) electrons. The van der Waals surface area contributed by atoms with E-state index in [2.05, 4.69) is 5.92 Å². The third-order valence-electron chi connectivity index (χ3n) is 1.80. The molecule has 15 heavy (non-hydrogen) atoms. The fourth-order valence-electron chi connectivity index (χ4n) is 1.11. The molecule has 0 unspecified atom stereocenters. The minimum Gasteiger partial charge on any atom is -0.445 e. The zero-order valence-corrected chi connectivity index (χ0v) is 11.4. The molecule has 0 saturated heterocycles. The minimum absolute atomic E-state index is 0. The zero-order valence-electron chi connectivity index (χ0n) is 8.31. The minimum atomic E-state index is -5.01. The Balaban J connectivity index is 0.00000196. The molecule has 0 bridgehead atoms. The third-order valence-corrected chi connectivity index (χ3v) is 1.80. The maximum absolute atomic E-state index is 12.4. The van der Waals surface area contributed by atoms with Crippen molar-refractivity contribution in [1.82, 2.24) is 0 Å². The van der Waals surface area contributed by atoms with E-state index >= 15 is 0 Å². The molecule has 0 aliphatic heterocycles. The molecule has 1 rings (SSSR count). The normalized spacial score (nSPS) is 10.3. The van der Waals surface area contributed by atoms with Crippen molar-refractivity contribution in [3.05, 3.63) is 29.3 Å². The number of hydrogen-bond acceptors (Lipinski definition) is 1. The van der Waals surface area contributed by atoms with Gasteiger partial charge in [-0.25, -0.2) is 0 Å². The van der Waals surface area contributed by atoms with Gasteiger partial charge < -0.3 is 18.7 Å². The van der Waals surface area contributed by atoms with Gasteiger partial charge >= 0.3 is 58.4 Å². The Labute approximate surface area is 129 Å². The molecule has 0 aromatic heterocycles. The summed E-state index contributed by atoms with van der Waals surface area (Å²) in [5.41, 5.74) is 5.17. The number of rotatable bonds is 2. The molecular weight excluding hydrogens is 229 g/mol. The van der Waals surface area contributed by atoms with Gasteiger partial charge in [0.2, 0.25) is 0 Å². The van der Waals surface area contributed by atoms with Crippen molar-refractivity contribution in [2.24, 2.45) is 5.73 Å². The number of nitrogens with two attached hydrogens (primary N) is 1. The monoisotopic (exact) mass is 237 g/mol. The zero-order chi connectivity index (χ0) is 10.8. The predicted molar refractivity (Wildman–Crippen MR) is 51.0 cm³/mol.